The molecule has 0 aliphatic rings. The monoisotopic (exact) mass is 395 g/mol. The van der Waals surface area contributed by atoms with Crippen molar-refractivity contribution in [3.8, 4) is 5.75 Å². The molecule has 0 N–H and O–H groups in total. The summed E-state index contributed by atoms with van der Waals surface area (Å²) in [6.45, 7) is 0. The highest BCUT2D eigenvalue weighted by Gasteiger charge is 2.17. The Hall–Kier alpha value is -0.860. The molecule has 18 heavy (non-hydrogen) atoms. The van der Waals surface area contributed by atoms with E-state index in [0.29, 0.717) is 8.59 Å². The van der Waals surface area contributed by atoms with Crippen LogP contribution >= 0.6 is 34.2 Å². The Kier molecular flexibility index (Phi) is 4.08. The van der Waals surface area contributed by atoms with Gasteiger partial charge in [-0.05, 0) is 52.9 Å². The van der Waals surface area contributed by atoms with Gasteiger partial charge in [-0.3, -0.25) is 4.98 Å². The quantitative estimate of drug-likeness (QED) is 0.592. The second-order valence-electron chi connectivity index (χ2n) is 3.30. The normalized spacial score (nSPS) is 11.2. The number of benzene rings is 1. The zero-order valence-corrected chi connectivity index (χ0v) is 12.6. The first-order valence-electron chi connectivity index (χ1n) is 4.78. The van der Waals surface area contributed by atoms with Crippen LogP contribution in [0.5, 0.6) is 5.75 Å². The predicted molar refractivity (Wildman–Crippen MR) is 76.2 cm³/mol. The van der Waals surface area contributed by atoms with E-state index in [1.165, 1.54) is 30.5 Å². The summed E-state index contributed by atoms with van der Waals surface area (Å²) in [7, 11) is -3.86. The minimum Gasteiger partial charge on any atom is -0.376 e. The molecular weight excluding hydrogens is 389 g/mol. The van der Waals surface area contributed by atoms with Crippen LogP contribution in [0.2, 0.25) is 5.02 Å². The molecule has 0 radical (unpaired) electrons. The second kappa shape index (κ2) is 5.41. The molecule has 4 nitrogen and oxygen atoms in total. The van der Waals surface area contributed by atoms with E-state index in [1.54, 1.807) is 12.3 Å². The highest BCUT2D eigenvalue weighted by Crippen LogP contribution is 2.23. The summed E-state index contributed by atoms with van der Waals surface area (Å²) in [5.41, 5.74) is 0. The van der Waals surface area contributed by atoms with E-state index in [0.717, 1.165) is 0 Å². The van der Waals surface area contributed by atoms with Gasteiger partial charge in [-0.25, -0.2) is 0 Å². The first-order valence-corrected chi connectivity index (χ1v) is 7.65. The largest absolute Gasteiger partial charge is 0.376 e. The Morgan fingerprint density at radius 1 is 1.17 bits per heavy atom. The Labute approximate surface area is 123 Å². The fraction of sp³-hybridized carbons (Fsp3) is 0. The fourth-order valence-corrected chi connectivity index (χ4v) is 2.81. The van der Waals surface area contributed by atoms with Gasteiger partial charge in [0.1, 0.15) is 4.90 Å². The van der Waals surface area contributed by atoms with Gasteiger partial charge in [-0.2, -0.15) is 8.42 Å². The van der Waals surface area contributed by atoms with E-state index in [-0.39, 0.29) is 10.6 Å². The topological polar surface area (TPSA) is 56.3 Å². The molecule has 0 bridgehead atoms. The first kappa shape index (κ1) is 13.6. The molecule has 1 heterocycles. The number of hydrogen-bond acceptors (Lipinski definition) is 4. The maximum Gasteiger partial charge on any atom is 0.339 e. The maximum absolute atomic E-state index is 12.0. The van der Waals surface area contributed by atoms with E-state index >= 15 is 0 Å². The van der Waals surface area contributed by atoms with Crippen molar-refractivity contribution in [2.45, 2.75) is 4.90 Å². The highest BCUT2D eigenvalue weighted by molar-refractivity contribution is 14.1. The van der Waals surface area contributed by atoms with Gasteiger partial charge in [0, 0.05) is 11.2 Å². The summed E-state index contributed by atoms with van der Waals surface area (Å²) < 4.78 is 29.6. The average molecular weight is 396 g/mol. The van der Waals surface area contributed by atoms with E-state index in [2.05, 4.69) is 4.98 Å². The van der Waals surface area contributed by atoms with E-state index in [1.807, 2.05) is 22.6 Å². The third-order valence-corrected chi connectivity index (χ3v) is 4.43. The molecule has 0 aliphatic carbocycles. The van der Waals surface area contributed by atoms with E-state index in [4.69, 9.17) is 15.8 Å². The lowest BCUT2D eigenvalue weighted by molar-refractivity contribution is 0.483. The van der Waals surface area contributed by atoms with Crippen LogP contribution in [0.1, 0.15) is 0 Å². The first-order chi connectivity index (χ1) is 8.49. The number of hydrogen-bond donors (Lipinski definition) is 0. The maximum atomic E-state index is 12.0. The van der Waals surface area contributed by atoms with Gasteiger partial charge in [0.15, 0.2) is 5.75 Å². The van der Waals surface area contributed by atoms with Crippen molar-refractivity contribution < 1.29 is 12.6 Å². The zero-order chi connectivity index (χ0) is 13.2. The lowest BCUT2D eigenvalue weighted by Gasteiger charge is -2.07. The van der Waals surface area contributed by atoms with E-state index < -0.39 is 10.1 Å². The van der Waals surface area contributed by atoms with Gasteiger partial charge in [0.05, 0.1) is 9.77 Å². The lowest BCUT2D eigenvalue weighted by atomic mass is 10.4. The molecule has 94 valence electrons. The zero-order valence-electron chi connectivity index (χ0n) is 8.88. The minimum atomic E-state index is -3.86. The Balaban J connectivity index is 2.33. The summed E-state index contributed by atoms with van der Waals surface area (Å²) >= 11 is 7.67. The van der Waals surface area contributed by atoms with Gasteiger partial charge in [0.25, 0.3) is 0 Å². The lowest BCUT2D eigenvalue weighted by Crippen LogP contribution is -2.10. The summed E-state index contributed by atoms with van der Waals surface area (Å²) in [5.74, 6) is 0.202. The van der Waals surface area contributed by atoms with Gasteiger partial charge in [-0.15, -0.1) is 0 Å². The van der Waals surface area contributed by atoms with Crippen LogP contribution in [-0.2, 0) is 10.1 Å². The number of rotatable bonds is 3. The molecule has 1 aromatic heterocycles. The Morgan fingerprint density at radius 3 is 2.44 bits per heavy atom. The van der Waals surface area contributed by atoms with E-state index in [9.17, 15) is 8.42 Å². The van der Waals surface area contributed by atoms with Crippen LogP contribution < -0.4 is 4.18 Å². The van der Waals surface area contributed by atoms with Gasteiger partial charge in [-0.1, -0.05) is 11.6 Å². The highest BCUT2D eigenvalue weighted by atomic mass is 127. The number of aromatic nitrogens is 1. The van der Waals surface area contributed by atoms with Crippen LogP contribution in [0.3, 0.4) is 0 Å². The van der Waals surface area contributed by atoms with Crippen LogP contribution in [0, 0.1) is 3.57 Å². The summed E-state index contributed by atoms with van der Waals surface area (Å²) in [6.07, 6.45) is 2.92. The molecule has 7 heteroatoms. The molecule has 0 amide bonds. The molecule has 0 fully saturated rings. The standard InChI is InChI=1S/C11H7ClINO3S/c12-8-1-3-9(4-2-8)18(15,16)17-11-7-14-6-5-10(11)13/h1-7H. The molecule has 2 aromatic rings. The molecule has 0 spiro atoms. The molecule has 0 saturated heterocycles. The van der Waals surface area contributed by atoms with Crippen LogP contribution in [0.4, 0.5) is 0 Å². The van der Waals surface area contributed by atoms with Crippen molar-refractivity contribution in [3.05, 3.63) is 51.3 Å². The molecule has 0 unspecified atom stereocenters. The Bertz CT molecular complexity index is 658. The fourth-order valence-electron chi connectivity index (χ4n) is 1.19. The molecule has 1 aromatic carbocycles. The van der Waals surface area contributed by atoms with Crippen LogP contribution in [0.25, 0.3) is 0 Å². The van der Waals surface area contributed by atoms with Gasteiger partial charge in [0.2, 0.25) is 0 Å². The Morgan fingerprint density at radius 2 is 1.83 bits per heavy atom. The third kappa shape index (κ3) is 3.12. The summed E-state index contributed by atoms with van der Waals surface area (Å²) in [5, 5.41) is 0.463. The van der Waals surface area contributed by atoms with Crippen molar-refractivity contribution >= 4 is 44.3 Å². The summed E-state index contributed by atoms with van der Waals surface area (Å²) in [6, 6.07) is 7.42. The molecule has 0 atom stereocenters. The number of nitrogens with zero attached hydrogens (tertiary/aromatic N) is 1. The third-order valence-electron chi connectivity index (χ3n) is 2.04. The van der Waals surface area contributed by atoms with Crippen molar-refractivity contribution in [1.82, 2.24) is 4.98 Å². The predicted octanol–water partition coefficient (Wildman–Crippen LogP) is 3.11. The second-order valence-corrected chi connectivity index (χ2v) is 6.44. The summed E-state index contributed by atoms with van der Waals surface area (Å²) in [4.78, 5) is 3.87. The van der Waals surface area contributed by atoms with Crippen molar-refractivity contribution in [3.63, 3.8) is 0 Å². The number of pyridine rings is 1. The average Bonchev–Trinajstić information content (AvgIpc) is 2.32. The number of halogens is 2. The smallest absolute Gasteiger partial charge is 0.339 e. The van der Waals surface area contributed by atoms with Gasteiger partial charge >= 0.3 is 10.1 Å². The van der Waals surface area contributed by atoms with Crippen molar-refractivity contribution in [2.24, 2.45) is 0 Å². The molecule has 0 saturated carbocycles. The minimum absolute atomic E-state index is 0.0477. The molecule has 0 aliphatic heterocycles. The molecular formula is C11H7ClINO3S. The van der Waals surface area contributed by atoms with Crippen molar-refractivity contribution in [1.29, 1.82) is 0 Å². The van der Waals surface area contributed by atoms with Crippen LogP contribution in [0.15, 0.2) is 47.6 Å². The van der Waals surface area contributed by atoms with Crippen LogP contribution in [-0.4, -0.2) is 13.4 Å². The van der Waals surface area contributed by atoms with Gasteiger partial charge < -0.3 is 4.18 Å². The molecule has 2 rings (SSSR count). The van der Waals surface area contributed by atoms with Crippen molar-refractivity contribution in [2.75, 3.05) is 0 Å². The SMILES string of the molecule is O=S(=O)(Oc1cnccc1I)c1ccc(Cl)cc1.